The lowest BCUT2D eigenvalue weighted by Gasteiger charge is -2.24. The zero-order valence-electron chi connectivity index (χ0n) is 10.4. The van der Waals surface area contributed by atoms with Crippen molar-refractivity contribution in [3.8, 4) is 0 Å². The highest BCUT2D eigenvalue weighted by Crippen LogP contribution is 2.33. The first-order valence-electron chi connectivity index (χ1n) is 6.45. The van der Waals surface area contributed by atoms with E-state index in [0.717, 1.165) is 38.5 Å². The van der Waals surface area contributed by atoms with Gasteiger partial charge in [0.15, 0.2) is 0 Å². The van der Waals surface area contributed by atoms with Crippen molar-refractivity contribution in [1.82, 2.24) is 15.1 Å². The van der Waals surface area contributed by atoms with E-state index in [2.05, 4.69) is 12.2 Å². The zero-order chi connectivity index (χ0) is 11.5. The summed E-state index contributed by atoms with van der Waals surface area (Å²) in [5.74, 6) is 0.810. The molecule has 0 aromatic carbocycles. The third kappa shape index (κ3) is 2.67. The summed E-state index contributed by atoms with van der Waals surface area (Å²) >= 11 is 0. The van der Waals surface area contributed by atoms with Gasteiger partial charge in [0, 0.05) is 32.7 Å². The third-order valence-corrected chi connectivity index (χ3v) is 3.57. The van der Waals surface area contributed by atoms with Crippen LogP contribution in [0.15, 0.2) is 0 Å². The van der Waals surface area contributed by atoms with E-state index >= 15 is 0 Å². The van der Waals surface area contributed by atoms with Crippen LogP contribution in [-0.4, -0.2) is 55.1 Å². The van der Waals surface area contributed by atoms with Crippen LogP contribution < -0.4 is 5.32 Å². The maximum absolute atomic E-state index is 11.8. The van der Waals surface area contributed by atoms with E-state index in [0.29, 0.717) is 6.04 Å². The highest BCUT2D eigenvalue weighted by atomic mass is 16.2. The van der Waals surface area contributed by atoms with Gasteiger partial charge in [0.25, 0.3) is 0 Å². The molecule has 1 unspecified atom stereocenters. The molecular weight excluding hydrogens is 202 g/mol. The maximum atomic E-state index is 11.8. The van der Waals surface area contributed by atoms with Gasteiger partial charge in [-0.3, -0.25) is 0 Å². The van der Waals surface area contributed by atoms with Gasteiger partial charge in [0.2, 0.25) is 0 Å². The van der Waals surface area contributed by atoms with Crippen molar-refractivity contribution in [3.63, 3.8) is 0 Å². The van der Waals surface area contributed by atoms with Crippen molar-refractivity contribution in [1.29, 1.82) is 0 Å². The molecule has 1 atom stereocenters. The summed E-state index contributed by atoms with van der Waals surface area (Å²) in [6, 6.07) is 0.722. The Bertz CT molecular complexity index is 253. The first kappa shape index (κ1) is 11.7. The molecule has 4 nitrogen and oxygen atoms in total. The van der Waals surface area contributed by atoms with E-state index in [-0.39, 0.29) is 6.03 Å². The summed E-state index contributed by atoms with van der Waals surface area (Å²) in [5, 5.41) is 3.58. The summed E-state index contributed by atoms with van der Waals surface area (Å²) < 4.78 is 0. The molecule has 2 fully saturated rings. The van der Waals surface area contributed by atoms with Gasteiger partial charge in [-0.2, -0.15) is 0 Å². The number of urea groups is 1. The summed E-state index contributed by atoms with van der Waals surface area (Å²) in [6.07, 6.45) is 3.83. The number of carbonyl (C=O) groups excluding carboxylic acids is 1. The van der Waals surface area contributed by atoms with Crippen molar-refractivity contribution in [2.75, 3.05) is 33.2 Å². The van der Waals surface area contributed by atoms with E-state index in [1.807, 2.05) is 16.8 Å². The number of nitrogens with zero attached hydrogens (tertiary/aromatic N) is 2. The Labute approximate surface area is 98.0 Å². The largest absolute Gasteiger partial charge is 0.326 e. The number of hydrogen-bond acceptors (Lipinski definition) is 2. The van der Waals surface area contributed by atoms with E-state index in [1.54, 1.807) is 0 Å². The van der Waals surface area contributed by atoms with E-state index < -0.39 is 0 Å². The van der Waals surface area contributed by atoms with Gasteiger partial charge in [-0.1, -0.05) is 6.92 Å². The minimum absolute atomic E-state index is 0.198. The fraction of sp³-hybridized carbons (Fsp3) is 0.917. The van der Waals surface area contributed by atoms with Crippen LogP contribution >= 0.6 is 0 Å². The Hall–Kier alpha value is -0.770. The second kappa shape index (κ2) is 5.04. The molecule has 0 spiro atoms. The van der Waals surface area contributed by atoms with Gasteiger partial charge in [0.1, 0.15) is 0 Å². The predicted octanol–water partition coefficient (Wildman–Crippen LogP) is 1.13. The molecule has 0 radical (unpaired) electrons. The summed E-state index contributed by atoms with van der Waals surface area (Å²) in [5.41, 5.74) is 0. The molecule has 1 saturated carbocycles. The highest BCUT2D eigenvalue weighted by molar-refractivity contribution is 5.76. The molecule has 2 aliphatic rings. The molecule has 1 N–H and O–H groups in total. The fourth-order valence-corrected chi connectivity index (χ4v) is 2.32. The van der Waals surface area contributed by atoms with Gasteiger partial charge in [-0.25, -0.2) is 4.79 Å². The minimum atomic E-state index is 0.198. The van der Waals surface area contributed by atoms with Crippen molar-refractivity contribution in [2.45, 2.75) is 32.2 Å². The topological polar surface area (TPSA) is 35.6 Å². The lowest BCUT2D eigenvalue weighted by molar-refractivity contribution is 0.192. The number of rotatable bonds is 6. The number of hydrogen-bond donors (Lipinski definition) is 1. The van der Waals surface area contributed by atoms with Crippen molar-refractivity contribution in [2.24, 2.45) is 5.92 Å². The Balaban J connectivity index is 1.83. The van der Waals surface area contributed by atoms with Crippen LogP contribution in [0.25, 0.3) is 0 Å². The van der Waals surface area contributed by atoms with Crippen molar-refractivity contribution >= 4 is 6.03 Å². The summed E-state index contributed by atoms with van der Waals surface area (Å²) in [4.78, 5) is 15.6. The molecule has 4 heteroatoms. The molecule has 0 aromatic rings. The highest BCUT2D eigenvalue weighted by Gasteiger charge is 2.35. The standard InChI is InChI=1S/C12H23N3O/c1-3-6-13-11(10-4-5-10)9-15-8-7-14(2)12(15)16/h10-11,13H,3-9H2,1-2H3. The first-order valence-corrected chi connectivity index (χ1v) is 6.45. The first-order chi connectivity index (χ1) is 7.72. The Morgan fingerprint density at radius 1 is 1.44 bits per heavy atom. The Morgan fingerprint density at radius 3 is 2.69 bits per heavy atom. The Kier molecular flexibility index (Phi) is 3.69. The van der Waals surface area contributed by atoms with Crippen molar-refractivity contribution < 1.29 is 4.79 Å². The maximum Gasteiger partial charge on any atom is 0.319 e. The second-order valence-electron chi connectivity index (χ2n) is 5.05. The lowest BCUT2D eigenvalue weighted by Crippen LogP contribution is -2.44. The van der Waals surface area contributed by atoms with Crippen LogP contribution in [0.4, 0.5) is 4.79 Å². The molecule has 16 heavy (non-hydrogen) atoms. The number of likely N-dealkylation sites (N-methyl/N-ethyl adjacent to an activating group) is 1. The van der Waals surface area contributed by atoms with Gasteiger partial charge in [-0.15, -0.1) is 0 Å². The molecule has 0 bridgehead atoms. The quantitative estimate of drug-likeness (QED) is 0.735. The average Bonchev–Trinajstić information content (AvgIpc) is 3.06. The Morgan fingerprint density at radius 2 is 2.19 bits per heavy atom. The van der Waals surface area contributed by atoms with Crippen LogP contribution in [-0.2, 0) is 0 Å². The van der Waals surface area contributed by atoms with Gasteiger partial charge in [0.05, 0.1) is 0 Å². The van der Waals surface area contributed by atoms with Crippen LogP contribution in [0, 0.1) is 5.92 Å². The molecular formula is C12H23N3O. The molecule has 1 aliphatic heterocycles. The predicted molar refractivity (Wildman–Crippen MR) is 64.4 cm³/mol. The number of amides is 2. The van der Waals surface area contributed by atoms with Crippen molar-refractivity contribution in [3.05, 3.63) is 0 Å². The number of nitrogens with one attached hydrogen (secondary N) is 1. The normalized spacial score (nSPS) is 23.0. The SMILES string of the molecule is CCCNC(CN1CCN(C)C1=O)C1CC1. The molecule has 2 amide bonds. The summed E-state index contributed by atoms with van der Waals surface area (Å²) in [6.45, 7) is 5.93. The van der Waals surface area contributed by atoms with Gasteiger partial charge in [-0.05, 0) is 31.7 Å². The van der Waals surface area contributed by atoms with Crippen LogP contribution in [0.1, 0.15) is 26.2 Å². The minimum Gasteiger partial charge on any atom is -0.326 e. The van der Waals surface area contributed by atoms with E-state index in [1.165, 1.54) is 12.8 Å². The molecule has 1 heterocycles. The smallest absolute Gasteiger partial charge is 0.319 e. The van der Waals surface area contributed by atoms with E-state index in [4.69, 9.17) is 0 Å². The van der Waals surface area contributed by atoms with Crippen LogP contribution in [0.3, 0.4) is 0 Å². The third-order valence-electron chi connectivity index (χ3n) is 3.57. The molecule has 0 aromatic heterocycles. The monoisotopic (exact) mass is 225 g/mol. The van der Waals surface area contributed by atoms with Crippen LogP contribution in [0.2, 0.25) is 0 Å². The summed E-state index contributed by atoms with van der Waals surface area (Å²) in [7, 11) is 1.88. The second-order valence-corrected chi connectivity index (χ2v) is 5.05. The fourth-order valence-electron chi connectivity index (χ4n) is 2.32. The molecule has 1 aliphatic carbocycles. The lowest BCUT2D eigenvalue weighted by atomic mass is 10.1. The molecule has 2 rings (SSSR count). The van der Waals surface area contributed by atoms with Gasteiger partial charge < -0.3 is 15.1 Å². The average molecular weight is 225 g/mol. The molecule has 1 saturated heterocycles. The van der Waals surface area contributed by atoms with Gasteiger partial charge >= 0.3 is 6.03 Å². The molecule has 92 valence electrons. The number of carbonyl (C=O) groups is 1. The van der Waals surface area contributed by atoms with Crippen LogP contribution in [0.5, 0.6) is 0 Å². The zero-order valence-corrected chi connectivity index (χ0v) is 10.4. The van der Waals surface area contributed by atoms with E-state index in [9.17, 15) is 4.79 Å².